The summed E-state index contributed by atoms with van der Waals surface area (Å²) in [5, 5.41) is 0. The van der Waals surface area contributed by atoms with Crippen LogP contribution in [0.15, 0.2) is 0 Å². The molecule has 0 heterocycles. The lowest BCUT2D eigenvalue weighted by molar-refractivity contribution is 0.217. The third kappa shape index (κ3) is 4.05. The Morgan fingerprint density at radius 2 is 1.83 bits per heavy atom. The van der Waals surface area contributed by atoms with Gasteiger partial charge in [0.1, 0.15) is 0 Å². The first-order valence-electron chi connectivity index (χ1n) is 4.45. The lowest BCUT2D eigenvalue weighted by atomic mass is 9.78. The summed E-state index contributed by atoms with van der Waals surface area (Å²) in [6.07, 6.45) is 0. The molecule has 0 amide bonds. The van der Waals surface area contributed by atoms with Gasteiger partial charge in [0.15, 0.2) is 0 Å². The Morgan fingerprint density at radius 3 is 2.17 bits per heavy atom. The highest BCUT2D eigenvalue weighted by atomic mass is 127. The molecule has 2 nitrogen and oxygen atoms in total. The lowest BCUT2D eigenvalue weighted by Crippen LogP contribution is -2.41. The average molecular weight is 284 g/mol. The van der Waals surface area contributed by atoms with E-state index in [0.29, 0.717) is 5.41 Å². The third-order valence-corrected chi connectivity index (χ3v) is 3.72. The van der Waals surface area contributed by atoms with Crippen LogP contribution in [-0.2, 0) is 0 Å². The van der Waals surface area contributed by atoms with E-state index in [2.05, 4.69) is 61.1 Å². The van der Waals surface area contributed by atoms with Gasteiger partial charge in [-0.1, -0.05) is 50.3 Å². The maximum absolute atomic E-state index is 3.17. The van der Waals surface area contributed by atoms with Gasteiger partial charge in [-0.3, -0.25) is 10.9 Å². The van der Waals surface area contributed by atoms with Gasteiger partial charge in [0.2, 0.25) is 0 Å². The van der Waals surface area contributed by atoms with E-state index >= 15 is 0 Å². The van der Waals surface area contributed by atoms with Gasteiger partial charge >= 0.3 is 0 Å². The van der Waals surface area contributed by atoms with Crippen molar-refractivity contribution >= 4 is 22.6 Å². The molecule has 0 fully saturated rings. The smallest absolute Gasteiger partial charge is 0.0154 e. The van der Waals surface area contributed by atoms with Crippen molar-refractivity contribution in [3.63, 3.8) is 0 Å². The minimum absolute atomic E-state index is 0.351. The maximum Gasteiger partial charge on any atom is 0.0154 e. The van der Waals surface area contributed by atoms with Gasteiger partial charge in [0, 0.05) is 10.5 Å². The van der Waals surface area contributed by atoms with Crippen molar-refractivity contribution in [3.05, 3.63) is 0 Å². The van der Waals surface area contributed by atoms with Gasteiger partial charge in [0.25, 0.3) is 0 Å². The van der Waals surface area contributed by atoms with Crippen molar-refractivity contribution in [2.45, 2.75) is 31.6 Å². The zero-order valence-corrected chi connectivity index (χ0v) is 10.9. The molecular weight excluding hydrogens is 263 g/mol. The first-order chi connectivity index (χ1) is 5.41. The fraction of sp³-hybridized carbons (Fsp3) is 1.00. The minimum Gasteiger partial charge on any atom is -0.261 e. The molecule has 0 saturated carbocycles. The van der Waals surface area contributed by atoms with Crippen molar-refractivity contribution in [1.82, 2.24) is 10.9 Å². The zero-order chi connectivity index (χ0) is 9.78. The van der Waals surface area contributed by atoms with Crippen molar-refractivity contribution < 1.29 is 0 Å². The van der Waals surface area contributed by atoms with Crippen LogP contribution in [0.2, 0.25) is 0 Å². The van der Waals surface area contributed by atoms with Crippen LogP contribution in [0.5, 0.6) is 0 Å². The Hall–Kier alpha value is 0.650. The molecule has 0 aliphatic rings. The second-order valence-corrected chi connectivity index (χ2v) is 6.02. The van der Waals surface area contributed by atoms with E-state index in [1.165, 1.54) is 0 Å². The average Bonchev–Trinajstić information content (AvgIpc) is 1.99. The van der Waals surface area contributed by atoms with E-state index in [9.17, 15) is 0 Å². The summed E-state index contributed by atoms with van der Waals surface area (Å²) in [5.74, 6) is 0.721. The van der Waals surface area contributed by atoms with Gasteiger partial charge in [-0.2, -0.15) is 0 Å². The summed E-state index contributed by atoms with van der Waals surface area (Å²) in [4.78, 5) is 0. The van der Waals surface area contributed by atoms with E-state index in [-0.39, 0.29) is 0 Å². The minimum atomic E-state index is 0.351. The predicted molar refractivity (Wildman–Crippen MR) is 63.5 cm³/mol. The number of alkyl halides is 1. The molecule has 0 bridgehead atoms. The molecule has 0 radical (unpaired) electrons. The van der Waals surface area contributed by atoms with Crippen LogP contribution in [0.25, 0.3) is 0 Å². The molecule has 74 valence electrons. The van der Waals surface area contributed by atoms with Crippen LogP contribution in [0, 0.1) is 11.3 Å². The van der Waals surface area contributed by atoms with Crippen molar-refractivity contribution in [3.8, 4) is 0 Å². The lowest BCUT2D eigenvalue weighted by Gasteiger charge is -2.33. The van der Waals surface area contributed by atoms with Gasteiger partial charge in [-0.25, -0.2) is 0 Å². The Morgan fingerprint density at radius 1 is 1.33 bits per heavy atom. The molecule has 0 aromatic carbocycles. The summed E-state index contributed by atoms with van der Waals surface area (Å²) >= 11 is 2.50. The largest absolute Gasteiger partial charge is 0.261 e. The number of hydrazine groups is 1. The van der Waals surface area contributed by atoms with Gasteiger partial charge in [-0.05, 0) is 18.4 Å². The van der Waals surface area contributed by atoms with Crippen LogP contribution in [0.4, 0.5) is 0 Å². The monoisotopic (exact) mass is 284 g/mol. The van der Waals surface area contributed by atoms with Crippen molar-refractivity contribution in [1.29, 1.82) is 0 Å². The standard InChI is InChI=1S/C9H21IN2/c1-7(8(2)10)9(3,4)6-12-11-5/h7-8,11-12H,6H2,1-5H3. The molecule has 0 aromatic rings. The molecule has 0 aliphatic carbocycles. The second-order valence-electron chi connectivity index (χ2n) is 4.06. The number of hydrogen-bond donors (Lipinski definition) is 2. The Labute approximate surface area is 90.0 Å². The highest BCUT2D eigenvalue weighted by molar-refractivity contribution is 14.1. The molecule has 12 heavy (non-hydrogen) atoms. The topological polar surface area (TPSA) is 24.1 Å². The summed E-state index contributed by atoms with van der Waals surface area (Å²) < 4.78 is 0.719. The summed E-state index contributed by atoms with van der Waals surface area (Å²) in [5.41, 5.74) is 6.49. The van der Waals surface area contributed by atoms with Gasteiger partial charge in [-0.15, -0.1) is 0 Å². The van der Waals surface area contributed by atoms with E-state index < -0.39 is 0 Å². The SMILES string of the molecule is CNNCC(C)(C)C(C)C(C)I. The van der Waals surface area contributed by atoms with Crippen molar-refractivity contribution in [2.75, 3.05) is 13.6 Å². The molecule has 0 saturated heterocycles. The highest BCUT2D eigenvalue weighted by Crippen LogP contribution is 2.31. The van der Waals surface area contributed by atoms with Crippen LogP contribution >= 0.6 is 22.6 Å². The fourth-order valence-electron chi connectivity index (χ4n) is 1.10. The quantitative estimate of drug-likeness (QED) is 0.459. The summed E-state index contributed by atoms with van der Waals surface area (Å²) in [7, 11) is 1.91. The maximum atomic E-state index is 3.17. The first-order valence-corrected chi connectivity index (χ1v) is 5.70. The van der Waals surface area contributed by atoms with Crippen LogP contribution < -0.4 is 10.9 Å². The number of nitrogens with one attached hydrogen (secondary N) is 2. The number of rotatable bonds is 5. The first kappa shape index (κ1) is 12.7. The van der Waals surface area contributed by atoms with Gasteiger partial charge in [0.05, 0.1) is 0 Å². The molecule has 0 aromatic heterocycles. The Balaban J connectivity index is 3.99. The van der Waals surface area contributed by atoms with Crippen LogP contribution in [0.1, 0.15) is 27.7 Å². The Kier molecular flexibility index (Phi) is 5.69. The Bertz CT molecular complexity index is 124. The predicted octanol–water partition coefficient (Wildman–Crippen LogP) is 2.20. The third-order valence-electron chi connectivity index (χ3n) is 2.64. The molecule has 2 unspecified atom stereocenters. The molecule has 2 atom stereocenters. The molecule has 2 N–H and O–H groups in total. The van der Waals surface area contributed by atoms with Crippen LogP contribution in [-0.4, -0.2) is 17.5 Å². The molecular formula is C9H21IN2. The zero-order valence-electron chi connectivity index (χ0n) is 8.74. The van der Waals surface area contributed by atoms with Crippen molar-refractivity contribution in [2.24, 2.45) is 11.3 Å². The molecule has 3 heteroatoms. The van der Waals surface area contributed by atoms with E-state index in [4.69, 9.17) is 0 Å². The molecule has 0 spiro atoms. The van der Waals surface area contributed by atoms with Gasteiger partial charge < -0.3 is 0 Å². The second kappa shape index (κ2) is 5.40. The molecule has 0 aliphatic heterocycles. The van der Waals surface area contributed by atoms with Crippen LogP contribution in [0.3, 0.4) is 0 Å². The summed E-state index contributed by atoms with van der Waals surface area (Å²) in [6, 6.07) is 0. The summed E-state index contributed by atoms with van der Waals surface area (Å²) in [6.45, 7) is 10.2. The normalized spacial score (nSPS) is 17.5. The van der Waals surface area contributed by atoms with E-state index in [1.54, 1.807) is 0 Å². The highest BCUT2D eigenvalue weighted by Gasteiger charge is 2.28. The number of halogens is 1. The fourth-order valence-corrected chi connectivity index (χ4v) is 2.07. The number of hydrogen-bond acceptors (Lipinski definition) is 2. The van der Waals surface area contributed by atoms with E-state index in [0.717, 1.165) is 16.4 Å². The molecule has 0 rings (SSSR count). The van der Waals surface area contributed by atoms with E-state index in [1.807, 2.05) is 7.05 Å².